The average molecular weight is 758 g/mol. The van der Waals surface area contributed by atoms with E-state index in [9.17, 15) is 24.6 Å². The Kier molecular flexibility index (Phi) is 12.8. The number of rotatable bonds is 17. The van der Waals surface area contributed by atoms with Crippen LogP contribution < -0.4 is 4.74 Å². The first-order chi connectivity index (χ1) is 25.9. The van der Waals surface area contributed by atoms with Crippen molar-refractivity contribution in [3.63, 3.8) is 0 Å². The van der Waals surface area contributed by atoms with Crippen molar-refractivity contribution in [2.24, 2.45) is 11.8 Å². The number of Topliss-reactive ketones (excluding diaryl/α,β-unsaturated/α-hetero) is 2. The molecule has 1 saturated heterocycles. The fourth-order valence-electron chi connectivity index (χ4n) is 8.96. The van der Waals surface area contributed by atoms with Gasteiger partial charge in [0.2, 0.25) is 0 Å². The van der Waals surface area contributed by atoms with Crippen molar-refractivity contribution >= 4 is 17.5 Å². The molecule has 1 spiro atoms. The standard InChI is InChI=1S/C46H63NO8/c1-28(2)16-15-17-30(5)19-21-33-38(48)34(20-18-29(3)4)41-37(39(33)49)40(50)35-26-32-27-36-44(7,8)55-45(42(32)51,46(35,36)54-41)23-22-31(6)43(52)53-25-14-12-11-13-24-47(9)10/h16,18-19,22,26,32,36,48-49H,11-15,17,20-21,23-25,27H2,1-10H3/b30-19+,31-22-. The number of ketones is 2. The number of nitrogens with zero attached hydrogens (tertiary/aromatic N) is 1. The molecule has 0 radical (unpaired) electrons. The van der Waals surface area contributed by atoms with Gasteiger partial charge in [0.05, 0.1) is 12.2 Å². The van der Waals surface area contributed by atoms with Crippen molar-refractivity contribution in [3.05, 3.63) is 74.9 Å². The molecule has 6 rings (SSSR count). The van der Waals surface area contributed by atoms with Gasteiger partial charge in [0.1, 0.15) is 22.8 Å². The first-order valence-electron chi connectivity index (χ1n) is 20.1. The van der Waals surface area contributed by atoms with E-state index in [0.717, 1.165) is 56.2 Å². The summed E-state index contributed by atoms with van der Waals surface area (Å²) in [6.45, 7) is 16.9. The molecule has 2 fully saturated rings. The quantitative estimate of drug-likeness (QED) is 0.0695. The lowest BCUT2D eigenvalue weighted by atomic mass is 9.51. The van der Waals surface area contributed by atoms with Crippen LogP contribution in [0.3, 0.4) is 0 Å². The number of unbranched alkanes of at least 4 members (excludes halogenated alkanes) is 3. The van der Waals surface area contributed by atoms with Gasteiger partial charge < -0.3 is 29.3 Å². The van der Waals surface area contributed by atoms with Gasteiger partial charge in [-0.05, 0) is 121 Å². The number of benzene rings is 1. The number of esters is 1. The zero-order valence-electron chi connectivity index (χ0n) is 34.8. The van der Waals surface area contributed by atoms with Crippen LogP contribution in [0.15, 0.2) is 58.2 Å². The number of hydrogen-bond acceptors (Lipinski definition) is 9. The summed E-state index contributed by atoms with van der Waals surface area (Å²) < 4.78 is 19.6. The van der Waals surface area contributed by atoms with Gasteiger partial charge >= 0.3 is 5.97 Å². The monoisotopic (exact) mass is 757 g/mol. The van der Waals surface area contributed by atoms with E-state index < -0.39 is 40.4 Å². The van der Waals surface area contributed by atoms with Crippen LogP contribution in [0.4, 0.5) is 0 Å². The molecule has 3 aliphatic carbocycles. The van der Waals surface area contributed by atoms with E-state index in [1.165, 1.54) is 5.57 Å². The highest BCUT2D eigenvalue weighted by Gasteiger charge is 2.81. The minimum Gasteiger partial charge on any atom is -0.507 e. The lowest BCUT2D eigenvalue weighted by Crippen LogP contribution is -2.72. The van der Waals surface area contributed by atoms with Crippen LogP contribution in [0.1, 0.15) is 128 Å². The molecule has 4 atom stereocenters. The first-order valence-corrected chi connectivity index (χ1v) is 20.1. The minimum absolute atomic E-state index is 0.00166. The fraction of sp³-hybridized carbons (Fsp3) is 0.587. The van der Waals surface area contributed by atoms with Gasteiger partial charge in [-0.3, -0.25) is 9.59 Å². The summed E-state index contributed by atoms with van der Waals surface area (Å²) in [6, 6.07) is 0. The number of allylic oxidation sites excluding steroid dienone is 7. The Hall–Kier alpha value is -3.95. The van der Waals surface area contributed by atoms with E-state index in [1.807, 2.05) is 46.8 Å². The Morgan fingerprint density at radius 2 is 1.58 bits per heavy atom. The molecule has 9 heteroatoms. The molecule has 9 nitrogen and oxygen atoms in total. The Morgan fingerprint density at radius 3 is 2.25 bits per heavy atom. The van der Waals surface area contributed by atoms with E-state index in [1.54, 1.807) is 19.1 Å². The van der Waals surface area contributed by atoms with Crippen LogP contribution in [0, 0.1) is 11.8 Å². The van der Waals surface area contributed by atoms with Crippen LogP contribution in [0.2, 0.25) is 0 Å². The highest BCUT2D eigenvalue weighted by Crippen LogP contribution is 2.68. The molecule has 2 N–H and O–H groups in total. The third-order valence-electron chi connectivity index (χ3n) is 11.9. The van der Waals surface area contributed by atoms with E-state index in [0.29, 0.717) is 29.7 Å². The van der Waals surface area contributed by atoms with Gasteiger partial charge in [-0.25, -0.2) is 4.79 Å². The van der Waals surface area contributed by atoms with Gasteiger partial charge in [0.25, 0.3) is 0 Å². The second-order valence-corrected chi connectivity index (χ2v) is 17.4. The molecule has 0 aromatic heterocycles. The highest BCUT2D eigenvalue weighted by molar-refractivity contribution is 6.18. The lowest BCUT2D eigenvalue weighted by Gasteiger charge is -2.56. The van der Waals surface area contributed by atoms with Crippen LogP contribution in [-0.2, 0) is 31.9 Å². The van der Waals surface area contributed by atoms with Gasteiger partial charge in [-0.2, -0.15) is 0 Å². The number of carbonyl (C=O) groups excluding carboxylic acids is 3. The van der Waals surface area contributed by atoms with Crippen molar-refractivity contribution in [1.29, 1.82) is 0 Å². The Bertz CT molecular complexity index is 1850. The smallest absolute Gasteiger partial charge is 0.333 e. The molecule has 1 aromatic rings. The Morgan fingerprint density at radius 1 is 0.909 bits per heavy atom. The van der Waals surface area contributed by atoms with Gasteiger partial charge in [0, 0.05) is 40.5 Å². The number of carbonyl (C=O) groups is 3. The zero-order chi connectivity index (χ0) is 40.5. The third-order valence-corrected chi connectivity index (χ3v) is 11.9. The molecule has 5 aliphatic rings. The average Bonchev–Trinajstić information content (AvgIpc) is 3.26. The predicted octanol–water partition coefficient (Wildman–Crippen LogP) is 8.85. The first kappa shape index (κ1) is 42.2. The molecule has 4 unspecified atom stereocenters. The molecule has 2 heterocycles. The van der Waals surface area contributed by atoms with Gasteiger partial charge in [-0.15, -0.1) is 0 Å². The molecule has 55 heavy (non-hydrogen) atoms. The van der Waals surface area contributed by atoms with Crippen LogP contribution in [0.5, 0.6) is 17.2 Å². The van der Waals surface area contributed by atoms with E-state index in [4.69, 9.17) is 14.2 Å². The van der Waals surface area contributed by atoms with Gasteiger partial charge in [0.15, 0.2) is 22.8 Å². The highest BCUT2D eigenvalue weighted by atomic mass is 16.6. The maximum absolute atomic E-state index is 14.9. The maximum Gasteiger partial charge on any atom is 0.333 e. The SMILES string of the molecule is CC(C)=CCC/C(C)=C/Cc1c(O)c(CC=C(C)C)c2c(c1O)C(=O)C1=CC3CC4C(C)(C)OC(C/C=C(/C)C(=O)OCCCCCCN(C)C)(C3=O)C14O2. The molecule has 1 saturated carbocycles. The number of phenols is 2. The number of ether oxygens (including phenoxy) is 3. The summed E-state index contributed by atoms with van der Waals surface area (Å²) in [5.41, 5.74) is 0.597. The predicted molar refractivity (Wildman–Crippen MR) is 216 cm³/mol. The molecule has 300 valence electrons. The van der Waals surface area contributed by atoms with Crippen LogP contribution in [0.25, 0.3) is 0 Å². The Balaban J connectivity index is 1.52. The summed E-state index contributed by atoms with van der Waals surface area (Å²) in [7, 11) is 4.11. The van der Waals surface area contributed by atoms with Crippen molar-refractivity contribution in [2.75, 3.05) is 27.2 Å². The Labute approximate surface area is 328 Å². The minimum atomic E-state index is -1.63. The molecule has 1 aromatic carbocycles. The van der Waals surface area contributed by atoms with Crippen LogP contribution in [-0.4, -0.2) is 76.7 Å². The molecule has 0 amide bonds. The van der Waals surface area contributed by atoms with E-state index >= 15 is 0 Å². The summed E-state index contributed by atoms with van der Waals surface area (Å²) in [4.78, 5) is 44.8. The third kappa shape index (κ3) is 8.02. The van der Waals surface area contributed by atoms with E-state index in [2.05, 4.69) is 38.9 Å². The maximum atomic E-state index is 14.9. The number of fused-ring (bicyclic) bond motifs is 1. The normalized spacial score (nSPS) is 25.0. The lowest BCUT2D eigenvalue weighted by molar-refractivity contribution is -0.171. The van der Waals surface area contributed by atoms with Crippen molar-refractivity contribution < 1.29 is 38.8 Å². The number of aromatic hydroxyl groups is 2. The van der Waals surface area contributed by atoms with Gasteiger partial charge in [-0.1, -0.05) is 59.9 Å². The second-order valence-electron chi connectivity index (χ2n) is 17.4. The largest absolute Gasteiger partial charge is 0.507 e. The zero-order valence-corrected chi connectivity index (χ0v) is 34.8. The molecule has 2 aliphatic heterocycles. The molecule has 4 bridgehead atoms. The summed E-state index contributed by atoms with van der Waals surface area (Å²) in [6.07, 6.45) is 16.0. The van der Waals surface area contributed by atoms with Crippen LogP contribution >= 0.6 is 0 Å². The molecular formula is C46H63NO8. The molecular weight excluding hydrogens is 695 g/mol. The van der Waals surface area contributed by atoms with Crippen molar-refractivity contribution in [3.8, 4) is 17.2 Å². The fourth-order valence-corrected chi connectivity index (χ4v) is 8.96. The van der Waals surface area contributed by atoms with E-state index in [-0.39, 0.29) is 53.4 Å². The summed E-state index contributed by atoms with van der Waals surface area (Å²) >= 11 is 0. The topological polar surface area (TPSA) is 123 Å². The van der Waals surface area contributed by atoms with Crippen molar-refractivity contribution in [1.82, 2.24) is 4.90 Å². The summed E-state index contributed by atoms with van der Waals surface area (Å²) in [5.74, 6) is -2.45. The van der Waals surface area contributed by atoms with Crippen molar-refractivity contribution in [2.45, 2.75) is 136 Å². The number of hydrogen-bond donors (Lipinski definition) is 2. The number of phenolic OH excluding ortho intramolecular Hbond substituents is 2. The summed E-state index contributed by atoms with van der Waals surface area (Å²) in [5, 5.41) is 23.8. The second kappa shape index (κ2) is 16.6.